The number of ether oxygens (including phenoxy) is 1. The highest BCUT2D eigenvalue weighted by molar-refractivity contribution is 5.85. The molecule has 4 nitrogen and oxygen atoms in total. The predicted molar refractivity (Wildman–Crippen MR) is 103 cm³/mol. The van der Waals surface area contributed by atoms with Crippen molar-refractivity contribution in [2.45, 2.75) is 57.1 Å². The van der Waals surface area contributed by atoms with E-state index in [4.69, 9.17) is 10.5 Å². The van der Waals surface area contributed by atoms with Gasteiger partial charge in [-0.25, -0.2) is 0 Å². The fraction of sp³-hybridized carbons (Fsp3) is 0.650. The average Bonchev–Trinajstić information content (AvgIpc) is 2.63. The van der Waals surface area contributed by atoms with E-state index >= 15 is 0 Å². The van der Waals surface area contributed by atoms with Crippen LogP contribution in [-0.2, 0) is 16.0 Å². The number of likely N-dealkylation sites (tertiary alicyclic amines) is 1. The van der Waals surface area contributed by atoms with Crippen molar-refractivity contribution in [2.75, 3.05) is 19.7 Å². The minimum absolute atomic E-state index is 0. The van der Waals surface area contributed by atoms with E-state index < -0.39 is 0 Å². The predicted octanol–water partition coefficient (Wildman–Crippen LogP) is 3.18. The number of carbonyl (C=O) groups is 1. The number of hydrogen-bond donors (Lipinski definition) is 1. The molecule has 25 heavy (non-hydrogen) atoms. The quantitative estimate of drug-likeness (QED) is 0.870. The normalized spacial score (nSPS) is 24.6. The minimum atomic E-state index is 0. The molecule has 1 saturated carbocycles. The maximum Gasteiger partial charge on any atom is 0.225 e. The molecule has 2 atom stereocenters. The Labute approximate surface area is 157 Å². The minimum Gasteiger partial charge on any atom is -0.378 e. The molecule has 1 aliphatic heterocycles. The van der Waals surface area contributed by atoms with E-state index in [1.54, 1.807) is 0 Å². The summed E-state index contributed by atoms with van der Waals surface area (Å²) in [5, 5.41) is 0. The zero-order valence-corrected chi connectivity index (χ0v) is 15.8. The molecule has 140 valence electrons. The Kier molecular flexibility index (Phi) is 8.20. The second-order valence-electron chi connectivity index (χ2n) is 7.25. The van der Waals surface area contributed by atoms with Gasteiger partial charge in [0.15, 0.2) is 0 Å². The highest BCUT2D eigenvalue weighted by Crippen LogP contribution is 2.26. The molecule has 0 spiro atoms. The lowest BCUT2D eigenvalue weighted by Crippen LogP contribution is -2.45. The molecule has 1 aliphatic carbocycles. The van der Waals surface area contributed by atoms with Gasteiger partial charge in [-0.3, -0.25) is 4.79 Å². The zero-order chi connectivity index (χ0) is 16.8. The lowest BCUT2D eigenvalue weighted by molar-refractivity contribution is -0.139. The molecule has 2 aliphatic rings. The van der Waals surface area contributed by atoms with Crippen molar-refractivity contribution >= 4 is 18.3 Å². The first-order valence-corrected chi connectivity index (χ1v) is 9.42. The van der Waals surface area contributed by atoms with Crippen molar-refractivity contribution in [3.05, 3.63) is 35.9 Å². The number of piperidine rings is 1. The first kappa shape index (κ1) is 20.2. The van der Waals surface area contributed by atoms with Gasteiger partial charge in [-0.2, -0.15) is 0 Å². The third-order valence-electron chi connectivity index (χ3n) is 5.40. The van der Waals surface area contributed by atoms with Gasteiger partial charge < -0.3 is 15.4 Å². The van der Waals surface area contributed by atoms with Crippen molar-refractivity contribution in [3.63, 3.8) is 0 Å². The van der Waals surface area contributed by atoms with Crippen LogP contribution < -0.4 is 5.73 Å². The fourth-order valence-corrected chi connectivity index (χ4v) is 3.94. The summed E-state index contributed by atoms with van der Waals surface area (Å²) in [6.45, 7) is 2.43. The summed E-state index contributed by atoms with van der Waals surface area (Å²) in [6.07, 6.45) is 7.22. The number of halogens is 1. The Morgan fingerprint density at radius 2 is 1.84 bits per heavy atom. The number of amides is 1. The molecule has 3 rings (SSSR count). The fourth-order valence-electron chi connectivity index (χ4n) is 3.94. The Bertz CT molecular complexity index is 518. The van der Waals surface area contributed by atoms with Gasteiger partial charge in [0.2, 0.25) is 5.91 Å². The van der Waals surface area contributed by atoms with Crippen molar-refractivity contribution in [2.24, 2.45) is 11.7 Å². The van der Waals surface area contributed by atoms with E-state index in [-0.39, 0.29) is 24.4 Å². The Morgan fingerprint density at radius 1 is 1.12 bits per heavy atom. The Hall–Kier alpha value is -1.10. The van der Waals surface area contributed by atoms with Crippen LogP contribution in [0, 0.1) is 5.92 Å². The lowest BCUT2D eigenvalue weighted by Gasteiger charge is -2.36. The molecule has 5 heteroatoms. The molecule has 1 aromatic rings. The van der Waals surface area contributed by atoms with Gasteiger partial charge in [0.05, 0.1) is 12.7 Å². The summed E-state index contributed by atoms with van der Waals surface area (Å²) in [7, 11) is 0. The van der Waals surface area contributed by atoms with Crippen LogP contribution in [0.2, 0.25) is 0 Å². The molecular weight excluding hydrogens is 336 g/mol. The van der Waals surface area contributed by atoms with E-state index in [1.807, 2.05) is 11.0 Å². The summed E-state index contributed by atoms with van der Waals surface area (Å²) < 4.78 is 6.02. The summed E-state index contributed by atoms with van der Waals surface area (Å²) in [5.74, 6) is 0.484. The van der Waals surface area contributed by atoms with Crippen LogP contribution in [0.15, 0.2) is 30.3 Å². The van der Waals surface area contributed by atoms with Crippen LogP contribution in [0.3, 0.4) is 0 Å². The molecule has 1 saturated heterocycles. The smallest absolute Gasteiger partial charge is 0.225 e. The Balaban J connectivity index is 0.00000225. The molecule has 1 heterocycles. The van der Waals surface area contributed by atoms with Gasteiger partial charge in [0.1, 0.15) is 0 Å². The van der Waals surface area contributed by atoms with Crippen LogP contribution in [0.25, 0.3) is 0 Å². The molecule has 0 bridgehead atoms. The standard InChI is InChI=1S/C20H30N2O2.ClH/c21-18-8-4-7-17(15-18)20(23)22-12-9-19(10-13-22)24-14-11-16-5-2-1-3-6-16;/h1-3,5-6,17-19H,4,7-15,21H2;1H. The topological polar surface area (TPSA) is 55.6 Å². The lowest BCUT2D eigenvalue weighted by atomic mass is 9.85. The van der Waals surface area contributed by atoms with Crippen LogP contribution in [0.5, 0.6) is 0 Å². The van der Waals surface area contributed by atoms with Crippen molar-refractivity contribution in [1.82, 2.24) is 4.90 Å². The average molecular weight is 367 g/mol. The summed E-state index contributed by atoms with van der Waals surface area (Å²) in [5.41, 5.74) is 7.34. The van der Waals surface area contributed by atoms with Crippen LogP contribution in [0.1, 0.15) is 44.1 Å². The third kappa shape index (κ3) is 5.98. The monoisotopic (exact) mass is 366 g/mol. The molecular formula is C20H31ClN2O2. The van der Waals surface area contributed by atoms with Crippen LogP contribution >= 0.6 is 12.4 Å². The molecule has 0 radical (unpaired) electrons. The van der Waals surface area contributed by atoms with Gasteiger partial charge in [0, 0.05) is 25.0 Å². The highest BCUT2D eigenvalue weighted by atomic mass is 35.5. The molecule has 0 aromatic heterocycles. The maximum absolute atomic E-state index is 12.6. The number of rotatable bonds is 5. The first-order chi connectivity index (χ1) is 11.7. The van der Waals surface area contributed by atoms with Gasteiger partial charge >= 0.3 is 0 Å². The second-order valence-corrected chi connectivity index (χ2v) is 7.25. The van der Waals surface area contributed by atoms with Gasteiger partial charge in [-0.05, 0) is 44.1 Å². The molecule has 2 N–H and O–H groups in total. The summed E-state index contributed by atoms with van der Waals surface area (Å²) >= 11 is 0. The van der Waals surface area contributed by atoms with E-state index in [0.29, 0.717) is 12.0 Å². The maximum atomic E-state index is 12.6. The second kappa shape index (κ2) is 10.1. The number of nitrogens with zero attached hydrogens (tertiary/aromatic N) is 1. The largest absolute Gasteiger partial charge is 0.378 e. The molecule has 2 unspecified atom stereocenters. The molecule has 2 fully saturated rings. The SMILES string of the molecule is Cl.NC1CCCC(C(=O)N2CCC(OCCc3ccccc3)CC2)C1. The number of carbonyl (C=O) groups excluding carboxylic acids is 1. The number of nitrogens with two attached hydrogens (primary N) is 1. The van der Waals surface area contributed by atoms with Crippen molar-refractivity contribution in [3.8, 4) is 0 Å². The summed E-state index contributed by atoms with van der Waals surface area (Å²) in [4.78, 5) is 14.7. The number of hydrogen-bond acceptors (Lipinski definition) is 3. The highest BCUT2D eigenvalue weighted by Gasteiger charge is 2.31. The number of benzene rings is 1. The summed E-state index contributed by atoms with van der Waals surface area (Å²) in [6, 6.07) is 10.7. The van der Waals surface area contributed by atoms with Crippen molar-refractivity contribution < 1.29 is 9.53 Å². The molecule has 1 aromatic carbocycles. The van der Waals surface area contributed by atoms with E-state index in [0.717, 1.165) is 64.6 Å². The van der Waals surface area contributed by atoms with E-state index in [2.05, 4.69) is 24.3 Å². The zero-order valence-electron chi connectivity index (χ0n) is 14.9. The third-order valence-corrected chi connectivity index (χ3v) is 5.40. The molecule has 1 amide bonds. The van der Waals surface area contributed by atoms with Gasteiger partial charge in [0.25, 0.3) is 0 Å². The Morgan fingerprint density at radius 3 is 2.52 bits per heavy atom. The van der Waals surface area contributed by atoms with E-state index in [9.17, 15) is 4.79 Å². The first-order valence-electron chi connectivity index (χ1n) is 9.42. The van der Waals surface area contributed by atoms with E-state index in [1.165, 1.54) is 5.56 Å². The van der Waals surface area contributed by atoms with Crippen LogP contribution in [0.4, 0.5) is 0 Å². The van der Waals surface area contributed by atoms with Gasteiger partial charge in [-0.1, -0.05) is 36.8 Å². The van der Waals surface area contributed by atoms with Crippen molar-refractivity contribution in [1.29, 1.82) is 0 Å². The van der Waals surface area contributed by atoms with Gasteiger partial charge in [-0.15, -0.1) is 12.4 Å². The van der Waals surface area contributed by atoms with Crippen LogP contribution in [-0.4, -0.2) is 42.6 Å².